The van der Waals surface area contributed by atoms with Crippen LogP contribution < -0.4 is 10.6 Å². The number of rotatable bonds is 7. The first-order valence-corrected chi connectivity index (χ1v) is 8.85. The molecule has 1 aromatic carbocycles. The van der Waals surface area contributed by atoms with Crippen LogP contribution in [0.3, 0.4) is 0 Å². The fourth-order valence-corrected chi connectivity index (χ4v) is 3.93. The van der Waals surface area contributed by atoms with Crippen LogP contribution >= 0.6 is 0 Å². The third-order valence-electron chi connectivity index (χ3n) is 5.30. The molecule has 0 spiro atoms. The summed E-state index contributed by atoms with van der Waals surface area (Å²) in [6, 6.07) is 8.33. The van der Waals surface area contributed by atoms with Crippen LogP contribution in [-0.4, -0.2) is 34.5 Å². The molecule has 1 saturated heterocycles. The standard InChI is InChI=1S/C19H24N2O4/c22-16(20-15-11-13-3-1-2-4-14(13)12-15)5-8-19(10-7-18(24)25)9-6-17(23)21-19/h1-4,15H,5-12H2,(H,20,22)(H,21,23)(H,24,25)/t19-/m1/s1. The highest BCUT2D eigenvalue weighted by atomic mass is 16.4. The Labute approximate surface area is 147 Å². The van der Waals surface area contributed by atoms with E-state index in [0.29, 0.717) is 32.1 Å². The van der Waals surface area contributed by atoms with Crippen molar-refractivity contribution in [3.8, 4) is 0 Å². The maximum Gasteiger partial charge on any atom is 0.303 e. The molecule has 0 radical (unpaired) electrons. The number of hydrogen-bond acceptors (Lipinski definition) is 3. The highest BCUT2D eigenvalue weighted by Crippen LogP contribution is 2.30. The summed E-state index contributed by atoms with van der Waals surface area (Å²) in [5, 5.41) is 14.9. The molecule has 1 aromatic rings. The molecular formula is C19H24N2O4. The van der Waals surface area contributed by atoms with Crippen LogP contribution in [0.15, 0.2) is 24.3 Å². The number of carboxylic acids is 1. The van der Waals surface area contributed by atoms with Gasteiger partial charge in [-0.3, -0.25) is 14.4 Å². The first-order chi connectivity index (χ1) is 12.0. The van der Waals surface area contributed by atoms with Gasteiger partial charge in [0.1, 0.15) is 0 Å². The van der Waals surface area contributed by atoms with Crippen molar-refractivity contribution in [2.45, 2.75) is 62.9 Å². The molecule has 1 atom stereocenters. The lowest BCUT2D eigenvalue weighted by Crippen LogP contribution is -2.44. The number of hydrogen-bond donors (Lipinski definition) is 3. The van der Waals surface area contributed by atoms with Crippen LogP contribution in [0.1, 0.15) is 49.7 Å². The van der Waals surface area contributed by atoms with Crippen LogP contribution in [0.5, 0.6) is 0 Å². The molecule has 0 unspecified atom stereocenters. The summed E-state index contributed by atoms with van der Waals surface area (Å²) in [7, 11) is 0. The van der Waals surface area contributed by atoms with E-state index in [0.717, 1.165) is 12.8 Å². The summed E-state index contributed by atoms with van der Waals surface area (Å²) in [5.74, 6) is -0.973. The zero-order valence-electron chi connectivity index (χ0n) is 14.2. The van der Waals surface area contributed by atoms with Gasteiger partial charge in [-0.05, 0) is 43.2 Å². The van der Waals surface area contributed by atoms with Gasteiger partial charge in [-0.2, -0.15) is 0 Å². The summed E-state index contributed by atoms with van der Waals surface area (Å²) in [4.78, 5) is 34.8. The summed E-state index contributed by atoms with van der Waals surface area (Å²) < 4.78 is 0. The lowest BCUT2D eigenvalue weighted by atomic mass is 9.86. The third kappa shape index (κ3) is 4.38. The van der Waals surface area contributed by atoms with E-state index in [4.69, 9.17) is 5.11 Å². The number of fused-ring (bicyclic) bond motifs is 1. The normalized spacial score (nSPS) is 22.5. The fraction of sp³-hybridized carbons (Fsp3) is 0.526. The maximum atomic E-state index is 12.3. The monoisotopic (exact) mass is 344 g/mol. The molecule has 3 rings (SSSR count). The fourth-order valence-electron chi connectivity index (χ4n) is 3.93. The number of aliphatic carboxylic acids is 1. The predicted octanol–water partition coefficient (Wildman–Crippen LogP) is 1.56. The minimum absolute atomic E-state index is 0.000165. The topological polar surface area (TPSA) is 95.5 Å². The van der Waals surface area contributed by atoms with Crippen molar-refractivity contribution in [3.63, 3.8) is 0 Å². The lowest BCUT2D eigenvalue weighted by molar-refractivity contribution is -0.137. The Morgan fingerprint density at radius 1 is 1.16 bits per heavy atom. The first-order valence-electron chi connectivity index (χ1n) is 8.85. The number of nitrogens with one attached hydrogen (secondary N) is 2. The quantitative estimate of drug-likeness (QED) is 0.699. The van der Waals surface area contributed by atoms with E-state index in [2.05, 4.69) is 22.8 Å². The molecule has 25 heavy (non-hydrogen) atoms. The largest absolute Gasteiger partial charge is 0.481 e. The van der Waals surface area contributed by atoms with E-state index >= 15 is 0 Å². The van der Waals surface area contributed by atoms with Crippen LogP contribution in [0.4, 0.5) is 0 Å². The molecule has 3 N–H and O–H groups in total. The summed E-state index contributed by atoms with van der Waals surface area (Å²) >= 11 is 0. The highest BCUT2D eigenvalue weighted by Gasteiger charge is 2.38. The van der Waals surface area contributed by atoms with Crippen molar-refractivity contribution in [2.24, 2.45) is 0 Å². The van der Waals surface area contributed by atoms with E-state index in [9.17, 15) is 14.4 Å². The van der Waals surface area contributed by atoms with Gasteiger partial charge in [0.15, 0.2) is 0 Å². The van der Waals surface area contributed by atoms with E-state index in [1.54, 1.807) is 0 Å². The predicted molar refractivity (Wildman–Crippen MR) is 92.0 cm³/mol. The van der Waals surface area contributed by atoms with Crippen molar-refractivity contribution in [2.75, 3.05) is 0 Å². The van der Waals surface area contributed by atoms with Gasteiger partial charge in [0.25, 0.3) is 0 Å². The Morgan fingerprint density at radius 3 is 2.36 bits per heavy atom. The Hall–Kier alpha value is -2.37. The molecule has 2 aliphatic rings. The molecule has 0 saturated carbocycles. The van der Waals surface area contributed by atoms with Crippen molar-refractivity contribution >= 4 is 17.8 Å². The van der Waals surface area contributed by atoms with Gasteiger partial charge < -0.3 is 15.7 Å². The minimum Gasteiger partial charge on any atom is -0.481 e. The molecule has 6 nitrogen and oxygen atoms in total. The average molecular weight is 344 g/mol. The zero-order valence-corrected chi connectivity index (χ0v) is 14.2. The summed E-state index contributed by atoms with van der Waals surface area (Å²) in [5.41, 5.74) is 2.02. The van der Waals surface area contributed by atoms with Crippen LogP contribution in [0.25, 0.3) is 0 Å². The van der Waals surface area contributed by atoms with E-state index in [-0.39, 0.29) is 24.3 Å². The van der Waals surface area contributed by atoms with Crippen molar-refractivity contribution in [1.82, 2.24) is 10.6 Å². The molecule has 134 valence electrons. The Balaban J connectivity index is 1.50. The molecule has 0 bridgehead atoms. The van der Waals surface area contributed by atoms with E-state index < -0.39 is 11.5 Å². The zero-order chi connectivity index (χ0) is 17.9. The summed E-state index contributed by atoms with van der Waals surface area (Å²) in [6.07, 6.45) is 3.85. The van der Waals surface area contributed by atoms with Crippen LogP contribution in [0.2, 0.25) is 0 Å². The Bertz CT molecular complexity index is 663. The molecule has 2 amide bonds. The second-order valence-corrected chi connectivity index (χ2v) is 7.16. The first kappa shape index (κ1) is 17.5. The molecule has 6 heteroatoms. The van der Waals surface area contributed by atoms with Gasteiger partial charge in [-0.25, -0.2) is 0 Å². The van der Waals surface area contributed by atoms with Gasteiger partial charge in [0, 0.05) is 30.8 Å². The molecule has 1 aliphatic heterocycles. The van der Waals surface area contributed by atoms with Gasteiger partial charge in [-0.1, -0.05) is 24.3 Å². The number of amides is 2. The third-order valence-corrected chi connectivity index (χ3v) is 5.30. The number of carbonyl (C=O) groups is 3. The average Bonchev–Trinajstić information content (AvgIpc) is 3.14. The van der Waals surface area contributed by atoms with Crippen molar-refractivity contribution < 1.29 is 19.5 Å². The van der Waals surface area contributed by atoms with E-state index in [1.165, 1.54) is 11.1 Å². The number of carboxylic acid groups (broad SMARTS) is 1. The molecule has 1 fully saturated rings. The lowest BCUT2D eigenvalue weighted by Gasteiger charge is -2.28. The van der Waals surface area contributed by atoms with Gasteiger partial charge in [0.2, 0.25) is 11.8 Å². The van der Waals surface area contributed by atoms with Gasteiger partial charge in [0.05, 0.1) is 0 Å². The number of benzene rings is 1. The summed E-state index contributed by atoms with van der Waals surface area (Å²) in [6.45, 7) is 0. The second-order valence-electron chi connectivity index (χ2n) is 7.16. The molecule has 1 aliphatic carbocycles. The smallest absolute Gasteiger partial charge is 0.303 e. The van der Waals surface area contributed by atoms with E-state index in [1.807, 2.05) is 12.1 Å². The molecule has 1 heterocycles. The Kier molecular flexibility index (Phi) is 5.06. The molecule has 0 aromatic heterocycles. The van der Waals surface area contributed by atoms with Gasteiger partial charge in [-0.15, -0.1) is 0 Å². The highest BCUT2D eigenvalue weighted by molar-refractivity contribution is 5.80. The Morgan fingerprint density at radius 2 is 1.80 bits per heavy atom. The number of carbonyl (C=O) groups excluding carboxylic acids is 2. The maximum absolute atomic E-state index is 12.3. The van der Waals surface area contributed by atoms with Crippen molar-refractivity contribution in [1.29, 1.82) is 0 Å². The van der Waals surface area contributed by atoms with Crippen LogP contribution in [0, 0.1) is 0 Å². The molecular weight excluding hydrogens is 320 g/mol. The minimum atomic E-state index is -0.881. The van der Waals surface area contributed by atoms with Crippen LogP contribution in [-0.2, 0) is 27.2 Å². The van der Waals surface area contributed by atoms with Gasteiger partial charge >= 0.3 is 5.97 Å². The second kappa shape index (κ2) is 7.25. The van der Waals surface area contributed by atoms with Crippen molar-refractivity contribution in [3.05, 3.63) is 35.4 Å². The SMILES string of the molecule is O=C(O)CC[C@@]1(CCC(=O)NC2Cc3ccccc3C2)CCC(=O)N1.